The Labute approximate surface area is 98.0 Å². The number of fused-ring (bicyclic) bond motifs is 1. The highest BCUT2D eigenvalue weighted by Gasteiger charge is 2.18. The van der Waals surface area contributed by atoms with Crippen LogP contribution in [0, 0.1) is 0 Å². The minimum absolute atomic E-state index is 0.0361. The maximum atomic E-state index is 11.7. The van der Waals surface area contributed by atoms with Gasteiger partial charge in [0, 0.05) is 10.6 Å². The topological polar surface area (TPSA) is 26.3 Å². The molecule has 2 nitrogen and oxygen atoms in total. The Kier molecular flexibility index (Phi) is 3.36. The molecule has 0 amide bonds. The quantitative estimate of drug-likeness (QED) is 0.745. The number of aryl methyl sites for hydroxylation is 1. The first-order valence-electron chi connectivity index (χ1n) is 5.07. The molecule has 0 aromatic carbocycles. The van der Waals surface area contributed by atoms with Crippen LogP contribution in [0.1, 0.15) is 34.0 Å². The van der Waals surface area contributed by atoms with Gasteiger partial charge in [0.25, 0.3) is 0 Å². The third kappa shape index (κ3) is 2.55. The third-order valence-electron chi connectivity index (χ3n) is 2.17. The summed E-state index contributed by atoms with van der Waals surface area (Å²) >= 11 is 3.53. The maximum Gasteiger partial charge on any atom is 0.348 e. The maximum absolute atomic E-state index is 11.7. The second-order valence-corrected chi connectivity index (χ2v) is 6.06. The molecule has 0 atom stereocenters. The summed E-state index contributed by atoms with van der Waals surface area (Å²) in [5, 5.41) is 0. The zero-order valence-corrected chi connectivity index (χ0v) is 10.5. The summed E-state index contributed by atoms with van der Waals surface area (Å²) in [4.78, 5) is 13.8. The van der Waals surface area contributed by atoms with Gasteiger partial charge in [0.1, 0.15) is 4.88 Å². The van der Waals surface area contributed by atoms with Gasteiger partial charge in [0.15, 0.2) is 0 Å². The van der Waals surface area contributed by atoms with E-state index in [9.17, 15) is 4.79 Å². The number of carbonyl (C=O) groups excluding carboxylic acids is 1. The molecule has 2 rings (SSSR count). The molecule has 1 aliphatic rings. The number of hydrogen-bond acceptors (Lipinski definition) is 4. The monoisotopic (exact) mass is 242 g/mol. The van der Waals surface area contributed by atoms with Crippen LogP contribution in [0.3, 0.4) is 0 Å². The van der Waals surface area contributed by atoms with E-state index >= 15 is 0 Å². The predicted octanol–water partition coefficient (Wildman–Crippen LogP) is 3.10. The van der Waals surface area contributed by atoms with Gasteiger partial charge in [-0.25, -0.2) is 4.79 Å². The van der Waals surface area contributed by atoms with Crippen molar-refractivity contribution >= 4 is 29.1 Å². The fourth-order valence-electron chi connectivity index (χ4n) is 1.52. The lowest BCUT2D eigenvalue weighted by molar-refractivity contribution is 0.0384. The van der Waals surface area contributed by atoms with E-state index in [1.165, 1.54) is 16.2 Å². The molecule has 0 saturated carbocycles. The highest BCUT2D eigenvalue weighted by atomic mass is 32.2. The minimum atomic E-state index is -0.172. The molecule has 0 N–H and O–H groups in total. The van der Waals surface area contributed by atoms with Crippen molar-refractivity contribution in [1.29, 1.82) is 0 Å². The molecule has 82 valence electrons. The van der Waals surface area contributed by atoms with E-state index in [-0.39, 0.29) is 12.1 Å². The Balaban J connectivity index is 2.15. The Morgan fingerprint density at radius 3 is 3.00 bits per heavy atom. The summed E-state index contributed by atoms with van der Waals surface area (Å²) in [5.41, 5.74) is 1.33. The number of ether oxygens (including phenoxy) is 1. The highest BCUT2D eigenvalue weighted by molar-refractivity contribution is 7.98. The van der Waals surface area contributed by atoms with Crippen LogP contribution in [0.4, 0.5) is 0 Å². The van der Waals surface area contributed by atoms with Gasteiger partial charge in [0.2, 0.25) is 0 Å². The van der Waals surface area contributed by atoms with Crippen molar-refractivity contribution in [2.45, 2.75) is 32.1 Å². The summed E-state index contributed by atoms with van der Waals surface area (Å²) in [7, 11) is 0. The van der Waals surface area contributed by atoms with E-state index in [0.29, 0.717) is 0 Å². The molecule has 0 saturated heterocycles. The van der Waals surface area contributed by atoms with Crippen LogP contribution >= 0.6 is 23.1 Å². The van der Waals surface area contributed by atoms with Crippen molar-refractivity contribution in [3.05, 3.63) is 21.4 Å². The molecule has 2 heterocycles. The van der Waals surface area contributed by atoms with E-state index in [4.69, 9.17) is 4.74 Å². The average Bonchev–Trinajstić information content (AvgIpc) is 2.59. The number of thioether (sulfide) groups is 1. The van der Waals surface area contributed by atoms with E-state index in [1.807, 2.05) is 31.7 Å². The predicted molar refractivity (Wildman–Crippen MR) is 64.7 cm³/mol. The average molecular weight is 242 g/mol. The lowest BCUT2D eigenvalue weighted by Crippen LogP contribution is -2.09. The second-order valence-electron chi connectivity index (χ2n) is 3.82. The van der Waals surface area contributed by atoms with Crippen LogP contribution in [-0.4, -0.2) is 17.8 Å². The van der Waals surface area contributed by atoms with Gasteiger partial charge in [-0.3, -0.25) is 0 Å². The Bertz CT molecular complexity index is 345. The normalized spacial score (nSPS) is 15.1. The van der Waals surface area contributed by atoms with Crippen LogP contribution < -0.4 is 0 Å². The molecular formula is C11H14O2S2. The Morgan fingerprint density at radius 1 is 1.53 bits per heavy atom. The molecule has 1 aromatic heterocycles. The SMILES string of the molecule is CC(C)OC(=O)c1cc2c(s1)CCSC2. The summed E-state index contributed by atoms with van der Waals surface area (Å²) < 4.78 is 5.18. The second kappa shape index (κ2) is 4.58. The van der Waals surface area contributed by atoms with E-state index in [2.05, 4.69) is 0 Å². The zero-order chi connectivity index (χ0) is 10.8. The van der Waals surface area contributed by atoms with Crippen LogP contribution in [-0.2, 0) is 16.9 Å². The molecule has 15 heavy (non-hydrogen) atoms. The number of carbonyl (C=O) groups is 1. The van der Waals surface area contributed by atoms with Crippen molar-refractivity contribution in [1.82, 2.24) is 0 Å². The molecule has 1 aliphatic heterocycles. The summed E-state index contributed by atoms with van der Waals surface area (Å²) in [6.45, 7) is 3.75. The molecule has 1 aromatic rings. The van der Waals surface area contributed by atoms with E-state index < -0.39 is 0 Å². The fraction of sp³-hybridized carbons (Fsp3) is 0.545. The van der Waals surface area contributed by atoms with Crippen molar-refractivity contribution in [3.63, 3.8) is 0 Å². The minimum Gasteiger partial charge on any atom is -0.459 e. The first kappa shape index (κ1) is 11.0. The summed E-state index contributed by atoms with van der Waals surface area (Å²) in [5.74, 6) is 2.04. The van der Waals surface area contributed by atoms with Crippen molar-refractivity contribution < 1.29 is 9.53 Å². The van der Waals surface area contributed by atoms with Crippen LogP contribution in [0.5, 0.6) is 0 Å². The smallest absolute Gasteiger partial charge is 0.348 e. The molecule has 0 unspecified atom stereocenters. The molecule has 0 fully saturated rings. The van der Waals surface area contributed by atoms with Gasteiger partial charge >= 0.3 is 5.97 Å². The number of hydrogen-bond donors (Lipinski definition) is 0. The van der Waals surface area contributed by atoms with Gasteiger partial charge in [-0.1, -0.05) is 0 Å². The lowest BCUT2D eigenvalue weighted by atomic mass is 10.2. The van der Waals surface area contributed by atoms with E-state index in [1.54, 1.807) is 11.3 Å². The first-order valence-corrected chi connectivity index (χ1v) is 7.04. The van der Waals surface area contributed by atoms with Crippen molar-refractivity contribution in [2.24, 2.45) is 0 Å². The molecular weight excluding hydrogens is 228 g/mol. The van der Waals surface area contributed by atoms with Crippen LogP contribution in [0.15, 0.2) is 6.07 Å². The fourth-order valence-corrected chi connectivity index (χ4v) is 3.78. The van der Waals surface area contributed by atoms with Crippen molar-refractivity contribution in [2.75, 3.05) is 5.75 Å². The summed E-state index contributed by atoms with van der Waals surface area (Å²) in [6.07, 6.45) is 1.06. The third-order valence-corrected chi connectivity index (χ3v) is 4.40. The number of thiophene rings is 1. The molecule has 0 radical (unpaired) electrons. The highest BCUT2D eigenvalue weighted by Crippen LogP contribution is 2.32. The van der Waals surface area contributed by atoms with Crippen LogP contribution in [0.2, 0.25) is 0 Å². The van der Waals surface area contributed by atoms with Crippen LogP contribution in [0.25, 0.3) is 0 Å². The molecule has 4 heteroatoms. The van der Waals surface area contributed by atoms with Crippen molar-refractivity contribution in [3.8, 4) is 0 Å². The van der Waals surface area contributed by atoms with Gasteiger partial charge in [0.05, 0.1) is 6.10 Å². The lowest BCUT2D eigenvalue weighted by Gasteiger charge is -2.08. The molecule has 0 spiro atoms. The van der Waals surface area contributed by atoms with Gasteiger partial charge in [-0.05, 0) is 37.7 Å². The molecule has 0 bridgehead atoms. The molecule has 0 aliphatic carbocycles. The van der Waals surface area contributed by atoms with E-state index in [0.717, 1.165) is 17.1 Å². The zero-order valence-electron chi connectivity index (χ0n) is 8.91. The Hall–Kier alpha value is -0.480. The number of rotatable bonds is 2. The first-order chi connectivity index (χ1) is 7.16. The van der Waals surface area contributed by atoms with Gasteiger partial charge in [-0.15, -0.1) is 11.3 Å². The van der Waals surface area contributed by atoms with Gasteiger partial charge in [-0.2, -0.15) is 11.8 Å². The standard InChI is InChI=1S/C11H14O2S2/c1-7(2)13-11(12)10-5-8-6-14-4-3-9(8)15-10/h5,7H,3-4,6H2,1-2H3. The van der Waals surface area contributed by atoms with Gasteiger partial charge < -0.3 is 4.74 Å². The largest absolute Gasteiger partial charge is 0.459 e. The Morgan fingerprint density at radius 2 is 2.33 bits per heavy atom. The number of esters is 1. The summed E-state index contributed by atoms with van der Waals surface area (Å²) in [6, 6.07) is 2.00.